The first kappa shape index (κ1) is 19.6. The molecule has 0 saturated carbocycles. The van der Waals surface area contributed by atoms with Crippen LogP contribution < -0.4 is 0 Å². The van der Waals surface area contributed by atoms with Crippen molar-refractivity contribution in [2.45, 2.75) is 59.7 Å². The lowest BCUT2D eigenvalue weighted by molar-refractivity contribution is 0.0194. The Balaban J connectivity index is 2.27. The highest BCUT2D eigenvalue weighted by atomic mass is 35.5. The summed E-state index contributed by atoms with van der Waals surface area (Å²) in [5.74, 6) is 0.519. The van der Waals surface area contributed by atoms with Crippen molar-refractivity contribution < 1.29 is 19.1 Å². The van der Waals surface area contributed by atoms with Gasteiger partial charge in [-0.2, -0.15) is 0 Å². The lowest BCUT2D eigenvalue weighted by Gasteiger charge is -2.30. The molecule has 0 aliphatic carbocycles. The van der Waals surface area contributed by atoms with Gasteiger partial charge in [0, 0.05) is 13.1 Å². The molecule has 0 fully saturated rings. The maximum Gasteiger partial charge on any atom is 0.410 e. The Kier molecular flexibility index (Phi) is 5.98. The molecule has 0 atom stereocenters. The van der Waals surface area contributed by atoms with Gasteiger partial charge in [0.25, 0.3) is 0 Å². The number of imidazole rings is 1. The number of carbonyl (C=O) groups is 2. The predicted molar refractivity (Wildman–Crippen MR) is 93.5 cm³/mol. The number of hydrogen-bond acceptors (Lipinski definition) is 5. The SMILES string of the molecule is CC(C)Cc1nc2n(c1C(=O)OCCl)CCN(C(=O)OC(C)(C)C)C2. The van der Waals surface area contributed by atoms with Crippen molar-refractivity contribution in [1.29, 1.82) is 0 Å². The first-order valence-corrected chi connectivity index (χ1v) is 8.95. The average Bonchev–Trinajstić information content (AvgIpc) is 2.81. The highest BCUT2D eigenvalue weighted by Gasteiger charge is 2.31. The molecule has 1 aromatic heterocycles. The largest absolute Gasteiger partial charge is 0.445 e. The topological polar surface area (TPSA) is 73.7 Å². The number of hydrogen-bond donors (Lipinski definition) is 0. The van der Waals surface area contributed by atoms with Crippen LogP contribution in [0.3, 0.4) is 0 Å². The zero-order valence-corrected chi connectivity index (χ0v) is 16.2. The minimum Gasteiger partial charge on any atom is -0.445 e. The number of nitrogens with zero attached hydrogens (tertiary/aromatic N) is 3. The Morgan fingerprint density at radius 3 is 2.52 bits per heavy atom. The summed E-state index contributed by atoms with van der Waals surface area (Å²) in [4.78, 5) is 30.8. The van der Waals surface area contributed by atoms with E-state index in [0.717, 1.165) is 0 Å². The Morgan fingerprint density at radius 2 is 1.96 bits per heavy atom. The molecule has 2 heterocycles. The summed E-state index contributed by atoms with van der Waals surface area (Å²) < 4.78 is 12.2. The van der Waals surface area contributed by atoms with Gasteiger partial charge >= 0.3 is 12.1 Å². The molecule has 0 spiro atoms. The van der Waals surface area contributed by atoms with Gasteiger partial charge in [-0.1, -0.05) is 25.4 Å². The number of fused-ring (bicyclic) bond motifs is 1. The van der Waals surface area contributed by atoms with E-state index in [1.807, 2.05) is 25.3 Å². The lowest BCUT2D eigenvalue weighted by atomic mass is 10.1. The van der Waals surface area contributed by atoms with E-state index in [1.165, 1.54) is 0 Å². The van der Waals surface area contributed by atoms with E-state index >= 15 is 0 Å². The van der Waals surface area contributed by atoms with Crippen LogP contribution in [0.25, 0.3) is 0 Å². The van der Waals surface area contributed by atoms with Crippen LogP contribution in [0.2, 0.25) is 0 Å². The molecule has 1 aromatic rings. The highest BCUT2D eigenvalue weighted by Crippen LogP contribution is 2.23. The van der Waals surface area contributed by atoms with E-state index in [1.54, 1.807) is 4.90 Å². The molecule has 2 rings (SSSR count). The van der Waals surface area contributed by atoms with Crippen molar-refractivity contribution >= 4 is 23.7 Å². The molecule has 8 heteroatoms. The second-order valence-corrected chi connectivity index (χ2v) is 7.73. The zero-order chi connectivity index (χ0) is 18.8. The zero-order valence-electron chi connectivity index (χ0n) is 15.5. The van der Waals surface area contributed by atoms with Crippen molar-refractivity contribution in [2.24, 2.45) is 5.92 Å². The van der Waals surface area contributed by atoms with E-state index < -0.39 is 11.6 Å². The maximum absolute atomic E-state index is 12.3. The van der Waals surface area contributed by atoms with E-state index in [2.05, 4.69) is 18.8 Å². The molecule has 0 unspecified atom stereocenters. The van der Waals surface area contributed by atoms with Crippen LogP contribution in [0, 0.1) is 5.92 Å². The molecular formula is C17H26ClN3O4. The molecule has 25 heavy (non-hydrogen) atoms. The summed E-state index contributed by atoms with van der Waals surface area (Å²) in [6.07, 6.45) is 0.274. The van der Waals surface area contributed by atoms with Crippen LogP contribution in [-0.2, 0) is 29.0 Å². The lowest BCUT2D eigenvalue weighted by Crippen LogP contribution is -2.42. The molecule has 0 bridgehead atoms. The van der Waals surface area contributed by atoms with Crippen molar-refractivity contribution in [2.75, 3.05) is 12.6 Å². The second kappa shape index (κ2) is 7.64. The quantitative estimate of drug-likeness (QED) is 0.600. The number of esters is 1. The van der Waals surface area contributed by atoms with E-state index in [9.17, 15) is 9.59 Å². The van der Waals surface area contributed by atoms with E-state index in [4.69, 9.17) is 21.1 Å². The summed E-state index contributed by atoms with van der Waals surface area (Å²) in [5.41, 5.74) is 0.571. The molecule has 1 aliphatic rings. The third kappa shape index (κ3) is 4.87. The van der Waals surface area contributed by atoms with E-state index in [0.29, 0.717) is 49.2 Å². The minimum atomic E-state index is -0.554. The summed E-state index contributed by atoms with van der Waals surface area (Å²) in [7, 11) is 0. The minimum absolute atomic E-state index is 0.204. The normalized spacial score (nSPS) is 14.4. The maximum atomic E-state index is 12.3. The highest BCUT2D eigenvalue weighted by molar-refractivity contribution is 6.17. The van der Waals surface area contributed by atoms with Gasteiger partial charge in [-0.05, 0) is 33.1 Å². The number of halogens is 1. The molecule has 7 nitrogen and oxygen atoms in total. The van der Waals surface area contributed by atoms with Crippen LogP contribution in [0.15, 0.2) is 0 Å². The Hall–Kier alpha value is -1.76. The van der Waals surface area contributed by atoms with Gasteiger partial charge in [-0.3, -0.25) is 4.90 Å². The molecular weight excluding hydrogens is 346 g/mol. The standard InChI is InChI=1S/C17H26ClN3O4/c1-11(2)8-12-14(15(22)24-10-18)21-7-6-20(9-13(21)19-12)16(23)25-17(3,4)5/h11H,6-10H2,1-5H3. The first-order valence-electron chi connectivity index (χ1n) is 8.41. The fourth-order valence-electron chi connectivity index (χ4n) is 2.74. The predicted octanol–water partition coefficient (Wildman–Crippen LogP) is 3.19. The van der Waals surface area contributed by atoms with Crippen molar-refractivity contribution in [1.82, 2.24) is 14.5 Å². The summed E-state index contributed by atoms with van der Waals surface area (Å²) in [6, 6.07) is -0.204. The number of ether oxygens (including phenoxy) is 2. The Bertz CT molecular complexity index is 649. The first-order chi connectivity index (χ1) is 11.6. The average molecular weight is 372 g/mol. The van der Waals surface area contributed by atoms with Crippen LogP contribution in [0.4, 0.5) is 4.79 Å². The van der Waals surface area contributed by atoms with E-state index in [-0.39, 0.29) is 12.2 Å². The second-order valence-electron chi connectivity index (χ2n) is 7.52. The summed E-state index contributed by atoms with van der Waals surface area (Å²) in [5, 5.41) is 0. The molecule has 0 radical (unpaired) electrons. The van der Waals surface area contributed by atoms with Gasteiger partial charge in [0.15, 0.2) is 11.8 Å². The van der Waals surface area contributed by atoms with Crippen LogP contribution >= 0.6 is 11.6 Å². The molecule has 140 valence electrons. The number of rotatable bonds is 4. The third-order valence-corrected chi connectivity index (χ3v) is 3.79. The molecule has 0 aromatic carbocycles. The van der Waals surface area contributed by atoms with Gasteiger partial charge in [0.1, 0.15) is 11.4 Å². The smallest absolute Gasteiger partial charge is 0.410 e. The fraction of sp³-hybridized carbons (Fsp3) is 0.706. The Labute approximate surface area is 153 Å². The summed E-state index contributed by atoms with van der Waals surface area (Å²) >= 11 is 5.54. The number of carbonyl (C=O) groups excluding carboxylic acids is 2. The molecule has 1 aliphatic heterocycles. The van der Waals surface area contributed by atoms with Crippen LogP contribution in [-0.4, -0.2) is 44.7 Å². The summed E-state index contributed by atoms with van der Waals surface area (Å²) in [6.45, 7) is 10.8. The number of alkyl halides is 1. The van der Waals surface area contributed by atoms with Crippen molar-refractivity contribution in [3.8, 4) is 0 Å². The number of amides is 1. The Morgan fingerprint density at radius 1 is 1.28 bits per heavy atom. The fourth-order valence-corrected chi connectivity index (χ4v) is 2.84. The van der Waals surface area contributed by atoms with Gasteiger partial charge in [-0.25, -0.2) is 14.6 Å². The van der Waals surface area contributed by atoms with Crippen molar-refractivity contribution in [3.63, 3.8) is 0 Å². The van der Waals surface area contributed by atoms with Gasteiger partial charge in [0.05, 0.1) is 12.2 Å². The molecule has 1 amide bonds. The number of aromatic nitrogens is 2. The van der Waals surface area contributed by atoms with Gasteiger partial charge in [0.2, 0.25) is 0 Å². The van der Waals surface area contributed by atoms with Gasteiger partial charge in [-0.15, -0.1) is 0 Å². The monoisotopic (exact) mass is 371 g/mol. The van der Waals surface area contributed by atoms with Gasteiger partial charge < -0.3 is 14.0 Å². The van der Waals surface area contributed by atoms with Crippen molar-refractivity contribution in [3.05, 3.63) is 17.2 Å². The third-order valence-electron chi connectivity index (χ3n) is 3.68. The van der Waals surface area contributed by atoms with Crippen LogP contribution in [0.5, 0.6) is 0 Å². The van der Waals surface area contributed by atoms with Crippen LogP contribution in [0.1, 0.15) is 56.6 Å². The molecule has 0 N–H and O–H groups in total. The molecule has 0 saturated heterocycles.